The topological polar surface area (TPSA) is 43.3 Å². The molecule has 2 aromatic rings. The van der Waals surface area contributed by atoms with Gasteiger partial charge in [0.05, 0.1) is 7.11 Å². The van der Waals surface area contributed by atoms with E-state index in [1.807, 2.05) is 6.07 Å². The molecule has 1 aromatic carbocycles. The number of nitrogens with zero attached hydrogens (tertiary/aromatic N) is 1. The Morgan fingerprint density at radius 1 is 1.24 bits per heavy atom. The van der Waals surface area contributed by atoms with E-state index in [-0.39, 0.29) is 11.8 Å². The summed E-state index contributed by atoms with van der Waals surface area (Å²) in [6.45, 7) is 0.763. The van der Waals surface area contributed by atoms with Gasteiger partial charge in [-0.25, -0.2) is 0 Å². The van der Waals surface area contributed by atoms with E-state index in [9.17, 15) is 4.79 Å². The van der Waals surface area contributed by atoms with E-state index in [0.717, 1.165) is 38.0 Å². The molecule has 1 heterocycles. The number of hydrogen-bond donors (Lipinski definition) is 1. The number of rotatable bonds is 4. The Kier molecular flexibility index (Phi) is 4.45. The quantitative estimate of drug-likeness (QED) is 0.858. The molecule has 4 heteroatoms. The van der Waals surface area contributed by atoms with Crippen molar-refractivity contribution < 1.29 is 9.53 Å². The molecule has 1 unspecified atom stereocenters. The normalized spacial score (nSPS) is 20.6. The number of benzene rings is 1. The van der Waals surface area contributed by atoms with Gasteiger partial charge in [-0.05, 0) is 55.9 Å². The number of fused-ring (bicyclic) bond motifs is 3. The highest BCUT2D eigenvalue weighted by Gasteiger charge is 2.28. The molecule has 2 aliphatic rings. The molecule has 0 bridgehead atoms. The van der Waals surface area contributed by atoms with Crippen molar-refractivity contribution in [2.75, 3.05) is 13.7 Å². The minimum absolute atomic E-state index is 0.259. The molecule has 4 nitrogen and oxygen atoms in total. The van der Waals surface area contributed by atoms with Crippen LogP contribution in [0.5, 0.6) is 5.75 Å². The Morgan fingerprint density at radius 2 is 2.08 bits per heavy atom. The summed E-state index contributed by atoms with van der Waals surface area (Å²) >= 11 is 0. The summed E-state index contributed by atoms with van der Waals surface area (Å²) in [4.78, 5) is 12.3. The molecule has 134 valence electrons. The summed E-state index contributed by atoms with van der Waals surface area (Å²) in [7, 11) is 3.89. The van der Waals surface area contributed by atoms with Crippen LogP contribution in [0.25, 0.3) is 10.9 Å². The first-order chi connectivity index (χ1) is 12.2. The molecule has 1 saturated carbocycles. The first kappa shape index (κ1) is 16.5. The van der Waals surface area contributed by atoms with E-state index < -0.39 is 0 Å². The predicted molar refractivity (Wildman–Crippen MR) is 100 cm³/mol. The van der Waals surface area contributed by atoms with E-state index >= 15 is 0 Å². The van der Waals surface area contributed by atoms with Gasteiger partial charge in [-0.15, -0.1) is 0 Å². The second-order valence-corrected chi connectivity index (χ2v) is 7.62. The summed E-state index contributed by atoms with van der Waals surface area (Å²) in [5.41, 5.74) is 4.13. The molecule has 1 atom stereocenters. The van der Waals surface area contributed by atoms with Gasteiger partial charge >= 0.3 is 0 Å². The van der Waals surface area contributed by atoms with Crippen molar-refractivity contribution in [3.05, 3.63) is 29.5 Å². The lowest BCUT2D eigenvalue weighted by atomic mass is 9.84. The van der Waals surface area contributed by atoms with Crippen LogP contribution in [0.4, 0.5) is 0 Å². The van der Waals surface area contributed by atoms with Crippen molar-refractivity contribution in [2.24, 2.45) is 13.0 Å². The van der Waals surface area contributed by atoms with Crippen molar-refractivity contribution in [2.45, 2.75) is 50.9 Å². The second kappa shape index (κ2) is 6.74. The van der Waals surface area contributed by atoms with Crippen LogP contribution in [0.2, 0.25) is 0 Å². The van der Waals surface area contributed by atoms with Gasteiger partial charge in [0.25, 0.3) is 0 Å². The minimum atomic E-state index is 0.259. The Balaban J connectivity index is 1.67. The van der Waals surface area contributed by atoms with Crippen LogP contribution in [0.15, 0.2) is 18.2 Å². The average molecular weight is 340 g/mol. The molecular weight excluding hydrogens is 312 g/mol. The lowest BCUT2D eigenvalue weighted by molar-refractivity contribution is -0.127. The largest absolute Gasteiger partial charge is 0.497 e. The average Bonchev–Trinajstić information content (AvgIpc) is 2.72. The van der Waals surface area contributed by atoms with Crippen molar-refractivity contribution in [3.63, 3.8) is 0 Å². The Morgan fingerprint density at radius 3 is 2.80 bits per heavy atom. The smallest absolute Gasteiger partial charge is 0.223 e. The maximum atomic E-state index is 12.3. The summed E-state index contributed by atoms with van der Waals surface area (Å²) < 4.78 is 7.81. The van der Waals surface area contributed by atoms with Crippen LogP contribution in [0.1, 0.15) is 55.7 Å². The van der Waals surface area contributed by atoms with Crippen LogP contribution >= 0.6 is 0 Å². The SMILES string of the molecule is COc1ccc2c(c1)c1c(n2C)CCCCC1CNC(=O)C1CCC1. The van der Waals surface area contributed by atoms with Crippen molar-refractivity contribution in [1.29, 1.82) is 0 Å². The maximum absolute atomic E-state index is 12.3. The van der Waals surface area contributed by atoms with Gasteiger partial charge in [-0.2, -0.15) is 0 Å². The van der Waals surface area contributed by atoms with Crippen LogP contribution in [-0.2, 0) is 18.3 Å². The van der Waals surface area contributed by atoms with Gasteiger partial charge < -0.3 is 14.6 Å². The fourth-order valence-electron chi connectivity index (χ4n) is 4.46. The first-order valence-corrected chi connectivity index (χ1v) is 9.62. The van der Waals surface area contributed by atoms with Gasteiger partial charge in [-0.3, -0.25) is 4.79 Å². The minimum Gasteiger partial charge on any atom is -0.497 e. The predicted octanol–water partition coefficient (Wildman–Crippen LogP) is 3.91. The lowest BCUT2D eigenvalue weighted by Gasteiger charge is -2.25. The Bertz CT molecular complexity index is 789. The fourth-order valence-corrected chi connectivity index (χ4v) is 4.46. The maximum Gasteiger partial charge on any atom is 0.223 e. The number of ether oxygens (including phenoxy) is 1. The van der Waals surface area contributed by atoms with Gasteiger partial charge in [0.2, 0.25) is 5.91 Å². The molecule has 0 saturated heterocycles. The summed E-state index contributed by atoms with van der Waals surface area (Å²) in [6.07, 6.45) is 8.05. The number of carbonyl (C=O) groups excluding carboxylic acids is 1. The first-order valence-electron chi connectivity index (χ1n) is 9.62. The zero-order valence-electron chi connectivity index (χ0n) is 15.3. The summed E-state index contributed by atoms with van der Waals surface area (Å²) in [5.74, 6) is 1.83. The molecule has 2 aliphatic carbocycles. The molecule has 1 N–H and O–H groups in total. The molecule has 0 spiro atoms. The molecule has 1 fully saturated rings. The third-order valence-electron chi connectivity index (χ3n) is 6.19. The number of amides is 1. The number of carbonyl (C=O) groups is 1. The monoisotopic (exact) mass is 340 g/mol. The molecule has 0 aliphatic heterocycles. The molecule has 25 heavy (non-hydrogen) atoms. The second-order valence-electron chi connectivity index (χ2n) is 7.62. The summed E-state index contributed by atoms with van der Waals surface area (Å²) in [5, 5.41) is 4.54. The fraction of sp³-hybridized carbons (Fsp3) is 0.571. The number of hydrogen-bond acceptors (Lipinski definition) is 2. The number of methoxy groups -OCH3 is 1. The zero-order chi connectivity index (χ0) is 17.4. The van der Waals surface area contributed by atoms with E-state index in [1.54, 1.807) is 7.11 Å². The van der Waals surface area contributed by atoms with E-state index in [0.29, 0.717) is 5.92 Å². The Hall–Kier alpha value is -1.97. The highest BCUT2D eigenvalue weighted by atomic mass is 16.5. The van der Waals surface area contributed by atoms with Crippen LogP contribution < -0.4 is 10.1 Å². The Labute approximate surface area is 149 Å². The van der Waals surface area contributed by atoms with Crippen LogP contribution in [0.3, 0.4) is 0 Å². The number of aryl methyl sites for hydroxylation is 1. The lowest BCUT2D eigenvalue weighted by Crippen LogP contribution is -2.36. The van der Waals surface area contributed by atoms with E-state index in [1.165, 1.54) is 41.4 Å². The van der Waals surface area contributed by atoms with Gasteiger partial charge in [0.15, 0.2) is 0 Å². The highest BCUT2D eigenvalue weighted by molar-refractivity contribution is 5.88. The van der Waals surface area contributed by atoms with Crippen molar-refractivity contribution in [3.8, 4) is 5.75 Å². The van der Waals surface area contributed by atoms with Gasteiger partial charge in [-0.1, -0.05) is 12.8 Å². The molecular formula is C21H28N2O2. The number of nitrogens with one attached hydrogen (secondary N) is 1. The molecule has 1 amide bonds. The van der Waals surface area contributed by atoms with Crippen molar-refractivity contribution in [1.82, 2.24) is 9.88 Å². The highest BCUT2D eigenvalue weighted by Crippen LogP contribution is 2.39. The molecule has 1 aromatic heterocycles. The van der Waals surface area contributed by atoms with Crippen LogP contribution in [-0.4, -0.2) is 24.1 Å². The third kappa shape index (κ3) is 2.92. The summed E-state index contributed by atoms with van der Waals surface area (Å²) in [6, 6.07) is 6.36. The zero-order valence-corrected chi connectivity index (χ0v) is 15.3. The number of aromatic nitrogens is 1. The van der Waals surface area contributed by atoms with Crippen LogP contribution in [0, 0.1) is 5.92 Å². The van der Waals surface area contributed by atoms with E-state index in [2.05, 4.69) is 29.1 Å². The molecule has 4 rings (SSSR count). The van der Waals surface area contributed by atoms with Crippen molar-refractivity contribution >= 4 is 16.8 Å². The third-order valence-corrected chi connectivity index (χ3v) is 6.19. The van der Waals surface area contributed by atoms with Gasteiger partial charge in [0.1, 0.15) is 5.75 Å². The molecule has 0 radical (unpaired) electrons. The standard InChI is InChI=1S/C21H28N2O2/c1-23-18-11-10-16(25-2)12-17(18)20-15(6-3-4-9-19(20)23)13-22-21(24)14-7-5-8-14/h10-12,14-15H,3-9,13H2,1-2H3,(H,22,24). The van der Waals surface area contributed by atoms with Gasteiger partial charge in [0, 0.05) is 42.0 Å². The van der Waals surface area contributed by atoms with E-state index in [4.69, 9.17) is 4.74 Å².